The van der Waals surface area contributed by atoms with E-state index < -0.39 is 0 Å². The summed E-state index contributed by atoms with van der Waals surface area (Å²) in [5, 5.41) is 0. The van der Waals surface area contributed by atoms with Gasteiger partial charge in [-0.15, -0.1) is 0 Å². The molecule has 87 valence electrons. The van der Waals surface area contributed by atoms with E-state index in [9.17, 15) is 0 Å². The number of hydrogen-bond acceptors (Lipinski definition) is 0. The van der Waals surface area contributed by atoms with Crippen molar-refractivity contribution in [3.05, 3.63) is 5.92 Å². The van der Waals surface area contributed by atoms with Crippen LogP contribution in [0.1, 0.15) is 71.6 Å². The topological polar surface area (TPSA) is 0 Å². The number of hydrogen-bond donors (Lipinski definition) is 0. The lowest BCUT2D eigenvalue weighted by Crippen LogP contribution is -2.24. The second-order valence-electron chi connectivity index (χ2n) is 5.77. The van der Waals surface area contributed by atoms with Crippen molar-refractivity contribution in [3.8, 4) is 0 Å². The molecule has 0 aromatic carbocycles. The van der Waals surface area contributed by atoms with Gasteiger partial charge >= 0.3 is 0 Å². The maximum absolute atomic E-state index is 2.48. The second kappa shape index (κ2) is 5.37. The van der Waals surface area contributed by atoms with Crippen molar-refractivity contribution in [2.45, 2.75) is 71.6 Å². The smallest absolute Gasteiger partial charge is 0.0151 e. The zero-order valence-electron chi connectivity index (χ0n) is 10.6. The Morgan fingerprint density at radius 3 is 1.67 bits per heavy atom. The Balaban J connectivity index is 2.00. The van der Waals surface area contributed by atoms with Gasteiger partial charge in [-0.1, -0.05) is 46.0 Å². The lowest BCUT2D eigenvalue weighted by molar-refractivity contribution is 0.335. The minimum Gasteiger partial charge on any atom is -0.0651 e. The van der Waals surface area contributed by atoms with Crippen molar-refractivity contribution in [1.29, 1.82) is 0 Å². The van der Waals surface area contributed by atoms with E-state index in [4.69, 9.17) is 0 Å². The van der Waals surface area contributed by atoms with Gasteiger partial charge in [0.05, 0.1) is 0 Å². The molecule has 1 atom stereocenters. The first-order valence-electron chi connectivity index (χ1n) is 7.19. The Morgan fingerprint density at radius 2 is 1.33 bits per heavy atom. The van der Waals surface area contributed by atoms with Gasteiger partial charge in [-0.25, -0.2) is 0 Å². The summed E-state index contributed by atoms with van der Waals surface area (Å²) in [6.45, 7) is 4.85. The molecule has 0 aromatic heterocycles. The Hall–Kier alpha value is 0. The molecular formula is C15H27. The van der Waals surface area contributed by atoms with E-state index in [2.05, 4.69) is 13.8 Å². The Kier molecular flexibility index (Phi) is 4.11. The van der Waals surface area contributed by atoms with Crippen LogP contribution in [0.15, 0.2) is 0 Å². The van der Waals surface area contributed by atoms with Gasteiger partial charge in [0.25, 0.3) is 0 Å². The van der Waals surface area contributed by atoms with Crippen LogP contribution in [0.5, 0.6) is 0 Å². The van der Waals surface area contributed by atoms with E-state index in [0.717, 1.165) is 17.8 Å². The molecule has 0 spiro atoms. The first-order valence-corrected chi connectivity index (χ1v) is 7.19. The van der Waals surface area contributed by atoms with Crippen LogP contribution in [0.3, 0.4) is 0 Å². The van der Waals surface area contributed by atoms with Crippen LogP contribution in [0.4, 0.5) is 0 Å². The maximum atomic E-state index is 2.48. The molecule has 2 aliphatic carbocycles. The Labute approximate surface area is 95.8 Å². The zero-order chi connectivity index (χ0) is 10.7. The molecule has 0 aliphatic heterocycles. The first kappa shape index (κ1) is 11.5. The summed E-state index contributed by atoms with van der Waals surface area (Å²) >= 11 is 0. The third-order valence-electron chi connectivity index (χ3n) is 4.83. The van der Waals surface area contributed by atoms with E-state index >= 15 is 0 Å². The fraction of sp³-hybridized carbons (Fsp3) is 0.933. The molecule has 0 saturated heterocycles. The van der Waals surface area contributed by atoms with Crippen molar-refractivity contribution in [1.82, 2.24) is 0 Å². The largest absolute Gasteiger partial charge is 0.0651 e. The van der Waals surface area contributed by atoms with Crippen molar-refractivity contribution in [2.75, 3.05) is 0 Å². The van der Waals surface area contributed by atoms with Crippen molar-refractivity contribution >= 4 is 0 Å². The average molecular weight is 207 g/mol. The molecule has 15 heavy (non-hydrogen) atoms. The van der Waals surface area contributed by atoms with Gasteiger partial charge in [-0.3, -0.25) is 0 Å². The molecule has 0 aromatic rings. The van der Waals surface area contributed by atoms with Crippen molar-refractivity contribution in [3.63, 3.8) is 0 Å². The predicted molar refractivity (Wildman–Crippen MR) is 66.6 cm³/mol. The monoisotopic (exact) mass is 207 g/mol. The Morgan fingerprint density at radius 1 is 0.933 bits per heavy atom. The SMILES string of the molecule is CCC(C)[C](C1CCCC1)C1CCCC1. The summed E-state index contributed by atoms with van der Waals surface area (Å²) in [5.74, 6) is 4.93. The van der Waals surface area contributed by atoms with Gasteiger partial charge in [0.1, 0.15) is 0 Å². The fourth-order valence-corrected chi connectivity index (χ4v) is 3.89. The predicted octanol–water partition coefficient (Wildman–Crippen LogP) is 4.99. The molecule has 0 bridgehead atoms. The summed E-state index contributed by atoms with van der Waals surface area (Å²) in [6, 6.07) is 0. The van der Waals surface area contributed by atoms with Gasteiger partial charge in [-0.05, 0) is 49.4 Å². The van der Waals surface area contributed by atoms with Crippen molar-refractivity contribution in [2.24, 2.45) is 17.8 Å². The van der Waals surface area contributed by atoms with Crippen LogP contribution >= 0.6 is 0 Å². The summed E-state index contributed by atoms with van der Waals surface area (Å²) in [4.78, 5) is 0. The van der Waals surface area contributed by atoms with Crippen LogP contribution in [-0.2, 0) is 0 Å². The lowest BCUT2D eigenvalue weighted by atomic mass is 9.71. The van der Waals surface area contributed by atoms with Crippen LogP contribution in [0, 0.1) is 23.7 Å². The van der Waals surface area contributed by atoms with Gasteiger partial charge in [-0.2, -0.15) is 0 Å². The molecule has 0 heteroatoms. The van der Waals surface area contributed by atoms with Crippen LogP contribution in [0.2, 0.25) is 0 Å². The van der Waals surface area contributed by atoms with E-state index in [0.29, 0.717) is 0 Å². The summed E-state index contributed by atoms with van der Waals surface area (Å²) in [6.07, 6.45) is 13.4. The van der Waals surface area contributed by atoms with Gasteiger partial charge < -0.3 is 0 Å². The molecule has 2 aliphatic rings. The zero-order valence-corrected chi connectivity index (χ0v) is 10.6. The molecule has 2 fully saturated rings. The summed E-state index contributed by atoms with van der Waals surface area (Å²) < 4.78 is 0. The molecule has 2 saturated carbocycles. The fourth-order valence-electron chi connectivity index (χ4n) is 3.89. The lowest BCUT2D eigenvalue weighted by Gasteiger charge is -2.33. The van der Waals surface area contributed by atoms with E-state index in [1.807, 2.05) is 5.92 Å². The maximum Gasteiger partial charge on any atom is -0.0151 e. The molecule has 0 N–H and O–H groups in total. The molecule has 0 amide bonds. The standard InChI is InChI=1S/C15H27/c1-3-12(2)15(13-8-4-5-9-13)14-10-6-7-11-14/h12-14H,3-11H2,1-2H3. The third kappa shape index (κ3) is 2.57. The third-order valence-corrected chi connectivity index (χ3v) is 4.83. The highest BCUT2D eigenvalue weighted by Crippen LogP contribution is 2.47. The molecule has 2 rings (SSSR count). The highest BCUT2D eigenvalue weighted by molar-refractivity contribution is 5.07. The molecule has 0 nitrogen and oxygen atoms in total. The minimum absolute atomic E-state index is 0.899. The highest BCUT2D eigenvalue weighted by Gasteiger charge is 2.36. The molecule has 0 heterocycles. The van der Waals surface area contributed by atoms with Gasteiger partial charge in [0.2, 0.25) is 0 Å². The minimum atomic E-state index is 0.899. The van der Waals surface area contributed by atoms with Crippen molar-refractivity contribution < 1.29 is 0 Å². The van der Waals surface area contributed by atoms with Crippen LogP contribution in [-0.4, -0.2) is 0 Å². The Bertz CT molecular complexity index is 156. The molecule has 1 radical (unpaired) electrons. The quantitative estimate of drug-likeness (QED) is 0.609. The highest BCUT2D eigenvalue weighted by atomic mass is 14.4. The average Bonchev–Trinajstić information content (AvgIpc) is 2.90. The van der Waals surface area contributed by atoms with Gasteiger partial charge in [0, 0.05) is 0 Å². The summed E-state index contributed by atoms with van der Waals surface area (Å²) in [7, 11) is 0. The molecule has 1 unspecified atom stereocenters. The van der Waals surface area contributed by atoms with E-state index in [-0.39, 0.29) is 0 Å². The normalized spacial score (nSPS) is 26.6. The van der Waals surface area contributed by atoms with E-state index in [1.165, 1.54) is 57.8 Å². The number of rotatable bonds is 4. The summed E-state index contributed by atoms with van der Waals surface area (Å²) in [5.41, 5.74) is 0. The van der Waals surface area contributed by atoms with Gasteiger partial charge in [0.15, 0.2) is 0 Å². The second-order valence-corrected chi connectivity index (χ2v) is 5.77. The molecular weight excluding hydrogens is 180 g/mol. The van der Waals surface area contributed by atoms with Crippen LogP contribution in [0.25, 0.3) is 0 Å². The first-order chi connectivity index (χ1) is 7.33. The van der Waals surface area contributed by atoms with E-state index in [1.54, 1.807) is 0 Å². The van der Waals surface area contributed by atoms with Crippen LogP contribution < -0.4 is 0 Å².